The molecule has 0 radical (unpaired) electrons. The molecule has 2 aromatic rings. The summed E-state index contributed by atoms with van der Waals surface area (Å²) in [7, 11) is 0. The minimum absolute atomic E-state index is 0.0564. The number of hydrogen-bond donors (Lipinski definition) is 1. The highest BCUT2D eigenvalue weighted by atomic mass is 16.1. The Morgan fingerprint density at radius 1 is 1.32 bits per heavy atom. The molecule has 1 saturated carbocycles. The number of nitrogens with zero attached hydrogens (tertiary/aromatic N) is 3. The summed E-state index contributed by atoms with van der Waals surface area (Å²) in [6, 6.07) is 6.58. The highest BCUT2D eigenvalue weighted by Gasteiger charge is 2.22. The second-order valence-corrected chi connectivity index (χ2v) is 5.77. The number of nitrogens with one attached hydrogen (secondary N) is 1. The van der Waals surface area contributed by atoms with Gasteiger partial charge in [0, 0.05) is 24.4 Å². The summed E-state index contributed by atoms with van der Waals surface area (Å²) in [5.41, 5.74) is 3.16. The number of rotatable bonds is 5. The summed E-state index contributed by atoms with van der Waals surface area (Å²) in [4.78, 5) is 15.5. The highest BCUT2D eigenvalue weighted by molar-refractivity contribution is 5.75. The normalized spacial score (nSPS) is 15.1. The van der Waals surface area contributed by atoms with Crippen LogP contribution in [0, 0.1) is 0 Å². The molecule has 1 amide bonds. The summed E-state index contributed by atoms with van der Waals surface area (Å²) < 4.78 is 2.15. The van der Waals surface area contributed by atoms with Gasteiger partial charge < -0.3 is 5.32 Å². The predicted octanol–water partition coefficient (Wildman–Crippen LogP) is 3.09. The van der Waals surface area contributed by atoms with E-state index in [1.807, 2.05) is 19.1 Å². The van der Waals surface area contributed by atoms with Crippen molar-refractivity contribution in [1.82, 2.24) is 20.1 Å². The predicted molar refractivity (Wildman–Crippen MR) is 85.1 cm³/mol. The number of amides is 1. The van der Waals surface area contributed by atoms with Gasteiger partial charge in [-0.2, -0.15) is 5.10 Å². The Morgan fingerprint density at radius 3 is 2.73 bits per heavy atom. The van der Waals surface area contributed by atoms with Crippen LogP contribution in [0.4, 0.5) is 0 Å². The van der Waals surface area contributed by atoms with Crippen LogP contribution in [-0.2, 0) is 11.3 Å². The molecule has 0 aromatic carbocycles. The lowest BCUT2D eigenvalue weighted by molar-refractivity contribution is -0.120. The van der Waals surface area contributed by atoms with E-state index in [4.69, 9.17) is 5.10 Å². The molecule has 2 aromatic heterocycles. The fourth-order valence-electron chi connectivity index (χ4n) is 3.01. The number of pyridine rings is 1. The monoisotopic (exact) mass is 298 g/mol. The number of carbonyl (C=O) groups is 1. The molecule has 3 rings (SSSR count). The first-order chi connectivity index (χ1) is 10.8. The molecular formula is C17H22N4O. The highest BCUT2D eigenvalue weighted by Crippen LogP contribution is 2.33. The largest absolute Gasteiger partial charge is 0.350 e. The van der Waals surface area contributed by atoms with Gasteiger partial charge >= 0.3 is 0 Å². The second kappa shape index (κ2) is 6.73. The van der Waals surface area contributed by atoms with Crippen molar-refractivity contribution in [3.8, 4) is 11.3 Å². The van der Waals surface area contributed by atoms with Crippen molar-refractivity contribution in [3.05, 3.63) is 36.3 Å². The molecule has 1 aliphatic carbocycles. The van der Waals surface area contributed by atoms with Gasteiger partial charge in [0.2, 0.25) is 5.91 Å². The van der Waals surface area contributed by atoms with Crippen molar-refractivity contribution in [2.24, 2.45) is 0 Å². The second-order valence-electron chi connectivity index (χ2n) is 5.77. The summed E-state index contributed by atoms with van der Waals surface area (Å²) in [5.74, 6) is 0.0564. The molecule has 0 unspecified atom stereocenters. The van der Waals surface area contributed by atoms with Crippen molar-refractivity contribution in [3.63, 3.8) is 0 Å². The molecule has 0 atom stereocenters. The molecule has 0 spiro atoms. The van der Waals surface area contributed by atoms with E-state index < -0.39 is 0 Å². The minimum Gasteiger partial charge on any atom is -0.350 e. The Balaban J connectivity index is 1.88. The maximum absolute atomic E-state index is 11.4. The van der Waals surface area contributed by atoms with Crippen LogP contribution >= 0.6 is 0 Å². The summed E-state index contributed by atoms with van der Waals surface area (Å²) in [6.45, 7) is 2.35. The SMILES string of the molecule is CCC(=O)NCc1cc(-c2ccncc2)n(C2CCCC2)n1. The zero-order chi connectivity index (χ0) is 15.4. The van der Waals surface area contributed by atoms with E-state index in [-0.39, 0.29) is 5.91 Å². The minimum atomic E-state index is 0.0564. The van der Waals surface area contributed by atoms with E-state index >= 15 is 0 Å². The van der Waals surface area contributed by atoms with E-state index in [9.17, 15) is 4.79 Å². The lowest BCUT2D eigenvalue weighted by Gasteiger charge is -2.14. The molecule has 116 valence electrons. The van der Waals surface area contributed by atoms with Crippen molar-refractivity contribution in [2.75, 3.05) is 0 Å². The van der Waals surface area contributed by atoms with Crippen LogP contribution in [0.1, 0.15) is 50.8 Å². The standard InChI is InChI=1S/C17H22N4O/c1-2-17(22)19-12-14-11-16(13-7-9-18-10-8-13)21(20-14)15-5-3-4-6-15/h7-11,15H,2-6,12H2,1H3,(H,19,22). The maximum atomic E-state index is 11.4. The Bertz CT molecular complexity index is 629. The van der Waals surface area contributed by atoms with Gasteiger partial charge in [0.05, 0.1) is 24.0 Å². The van der Waals surface area contributed by atoms with Crippen LogP contribution < -0.4 is 5.32 Å². The van der Waals surface area contributed by atoms with Gasteiger partial charge in [0.25, 0.3) is 0 Å². The first-order valence-corrected chi connectivity index (χ1v) is 8.03. The van der Waals surface area contributed by atoms with E-state index in [0.29, 0.717) is 19.0 Å². The van der Waals surface area contributed by atoms with Gasteiger partial charge in [-0.3, -0.25) is 14.5 Å². The average molecular weight is 298 g/mol. The smallest absolute Gasteiger partial charge is 0.220 e. The van der Waals surface area contributed by atoms with Crippen molar-refractivity contribution < 1.29 is 4.79 Å². The molecule has 1 aliphatic rings. The third-order valence-corrected chi connectivity index (χ3v) is 4.22. The van der Waals surface area contributed by atoms with Crippen LogP contribution in [0.25, 0.3) is 11.3 Å². The van der Waals surface area contributed by atoms with Gasteiger partial charge in [-0.15, -0.1) is 0 Å². The first-order valence-electron chi connectivity index (χ1n) is 8.03. The fraction of sp³-hybridized carbons (Fsp3) is 0.471. The van der Waals surface area contributed by atoms with Gasteiger partial charge in [-0.25, -0.2) is 0 Å². The number of aromatic nitrogens is 3. The number of carbonyl (C=O) groups excluding carboxylic acids is 1. The Kier molecular flexibility index (Phi) is 4.51. The quantitative estimate of drug-likeness (QED) is 0.922. The van der Waals surface area contributed by atoms with Crippen molar-refractivity contribution >= 4 is 5.91 Å². The van der Waals surface area contributed by atoms with Crippen LogP contribution in [-0.4, -0.2) is 20.7 Å². The van der Waals surface area contributed by atoms with Gasteiger partial charge in [0.1, 0.15) is 0 Å². The summed E-state index contributed by atoms with van der Waals surface area (Å²) >= 11 is 0. The zero-order valence-electron chi connectivity index (χ0n) is 13.0. The lowest BCUT2D eigenvalue weighted by atomic mass is 10.1. The molecule has 0 aliphatic heterocycles. The molecular weight excluding hydrogens is 276 g/mol. The summed E-state index contributed by atoms with van der Waals surface area (Å²) in [6.07, 6.45) is 9.01. The maximum Gasteiger partial charge on any atom is 0.220 e. The van der Waals surface area contributed by atoms with Gasteiger partial charge in [-0.05, 0) is 31.0 Å². The first kappa shape index (κ1) is 14.8. The lowest BCUT2D eigenvalue weighted by Crippen LogP contribution is -2.21. The number of hydrogen-bond acceptors (Lipinski definition) is 3. The Hall–Kier alpha value is -2.17. The van der Waals surface area contributed by atoms with E-state index in [1.165, 1.54) is 25.7 Å². The van der Waals surface area contributed by atoms with E-state index in [0.717, 1.165) is 17.0 Å². The molecule has 5 nitrogen and oxygen atoms in total. The van der Waals surface area contributed by atoms with Crippen LogP contribution in [0.15, 0.2) is 30.6 Å². The third-order valence-electron chi connectivity index (χ3n) is 4.22. The average Bonchev–Trinajstić information content (AvgIpc) is 3.22. The topological polar surface area (TPSA) is 59.8 Å². The molecule has 5 heteroatoms. The van der Waals surface area contributed by atoms with E-state index in [2.05, 4.69) is 21.0 Å². The van der Waals surface area contributed by atoms with Crippen LogP contribution in [0.2, 0.25) is 0 Å². The Labute approximate surface area is 130 Å². The zero-order valence-corrected chi connectivity index (χ0v) is 13.0. The third kappa shape index (κ3) is 3.18. The molecule has 0 saturated heterocycles. The molecule has 2 heterocycles. The molecule has 22 heavy (non-hydrogen) atoms. The summed E-state index contributed by atoms with van der Waals surface area (Å²) in [5, 5.41) is 7.66. The van der Waals surface area contributed by atoms with Crippen LogP contribution in [0.3, 0.4) is 0 Å². The van der Waals surface area contributed by atoms with E-state index in [1.54, 1.807) is 12.4 Å². The van der Waals surface area contributed by atoms with Crippen molar-refractivity contribution in [1.29, 1.82) is 0 Å². The fourth-order valence-corrected chi connectivity index (χ4v) is 3.01. The van der Waals surface area contributed by atoms with Gasteiger partial charge in [0.15, 0.2) is 0 Å². The van der Waals surface area contributed by atoms with Crippen LogP contribution in [0.5, 0.6) is 0 Å². The van der Waals surface area contributed by atoms with Gasteiger partial charge in [-0.1, -0.05) is 19.8 Å². The van der Waals surface area contributed by atoms with Crippen molar-refractivity contribution in [2.45, 2.75) is 51.6 Å². The molecule has 1 N–H and O–H groups in total. The molecule has 0 bridgehead atoms. The molecule has 1 fully saturated rings. The Morgan fingerprint density at radius 2 is 2.05 bits per heavy atom.